The Hall–Kier alpha value is -1.09. The van der Waals surface area contributed by atoms with Crippen molar-refractivity contribution < 1.29 is 9.50 Å². The van der Waals surface area contributed by atoms with Gasteiger partial charge in [-0.25, -0.2) is 4.39 Å². The maximum atomic E-state index is 14.0. The summed E-state index contributed by atoms with van der Waals surface area (Å²) in [6, 6.07) is 6.70. The molecule has 1 aliphatic rings. The molecule has 2 N–H and O–H groups in total. The summed E-state index contributed by atoms with van der Waals surface area (Å²) in [7, 11) is 0. The van der Waals surface area contributed by atoms with Crippen LogP contribution in [0.4, 0.5) is 4.39 Å². The standard InChI is InChI=1S/C13H18FNO/c14-12(9-10-5-7-15-8-6-10)11-3-1-2-4-13(11)16/h1-4,10,12,15-16H,5-9H2. The number of aromatic hydroxyl groups is 1. The van der Waals surface area contributed by atoms with Crippen LogP contribution in [0.5, 0.6) is 5.75 Å². The number of para-hydroxylation sites is 1. The van der Waals surface area contributed by atoms with Crippen LogP contribution in [0.1, 0.15) is 31.0 Å². The van der Waals surface area contributed by atoms with Crippen molar-refractivity contribution in [2.45, 2.75) is 25.4 Å². The summed E-state index contributed by atoms with van der Waals surface area (Å²) in [6.45, 7) is 1.97. The third kappa shape index (κ3) is 2.73. The van der Waals surface area contributed by atoms with Crippen molar-refractivity contribution in [1.82, 2.24) is 5.32 Å². The monoisotopic (exact) mass is 223 g/mol. The molecule has 88 valence electrons. The van der Waals surface area contributed by atoms with E-state index < -0.39 is 6.17 Å². The fraction of sp³-hybridized carbons (Fsp3) is 0.538. The number of nitrogens with one attached hydrogen (secondary N) is 1. The van der Waals surface area contributed by atoms with Crippen LogP contribution < -0.4 is 5.32 Å². The first-order valence-electron chi connectivity index (χ1n) is 5.90. The highest BCUT2D eigenvalue weighted by atomic mass is 19.1. The summed E-state index contributed by atoms with van der Waals surface area (Å²) in [5, 5.41) is 12.8. The Kier molecular flexibility index (Phi) is 3.78. The lowest BCUT2D eigenvalue weighted by Gasteiger charge is -2.24. The topological polar surface area (TPSA) is 32.3 Å². The molecule has 1 aromatic rings. The fourth-order valence-corrected chi connectivity index (χ4v) is 2.29. The molecule has 0 spiro atoms. The first kappa shape index (κ1) is 11.4. The molecule has 0 radical (unpaired) electrons. The summed E-state index contributed by atoms with van der Waals surface area (Å²) < 4.78 is 14.0. The Bertz CT molecular complexity index is 336. The van der Waals surface area contributed by atoms with Gasteiger partial charge < -0.3 is 10.4 Å². The molecule has 1 heterocycles. The third-order valence-electron chi connectivity index (χ3n) is 3.27. The summed E-state index contributed by atoms with van der Waals surface area (Å²) in [5.41, 5.74) is 0.432. The van der Waals surface area contributed by atoms with Gasteiger partial charge in [0.05, 0.1) is 0 Å². The van der Waals surface area contributed by atoms with E-state index in [2.05, 4.69) is 5.32 Å². The van der Waals surface area contributed by atoms with Crippen LogP contribution in [0, 0.1) is 5.92 Å². The van der Waals surface area contributed by atoms with Gasteiger partial charge in [0, 0.05) is 5.56 Å². The Morgan fingerprint density at radius 3 is 2.69 bits per heavy atom. The molecule has 0 aromatic heterocycles. The minimum absolute atomic E-state index is 0.0731. The molecule has 1 unspecified atom stereocenters. The van der Waals surface area contributed by atoms with E-state index in [9.17, 15) is 9.50 Å². The molecular formula is C13H18FNO. The number of benzene rings is 1. The number of hydrogen-bond acceptors (Lipinski definition) is 2. The van der Waals surface area contributed by atoms with Gasteiger partial charge in [-0.15, -0.1) is 0 Å². The maximum Gasteiger partial charge on any atom is 0.129 e. The Morgan fingerprint density at radius 2 is 2.00 bits per heavy atom. The van der Waals surface area contributed by atoms with E-state index in [-0.39, 0.29) is 5.75 Å². The van der Waals surface area contributed by atoms with Gasteiger partial charge in [0.15, 0.2) is 0 Å². The van der Waals surface area contributed by atoms with Crippen molar-refractivity contribution in [3.8, 4) is 5.75 Å². The fourth-order valence-electron chi connectivity index (χ4n) is 2.29. The van der Waals surface area contributed by atoms with Crippen LogP contribution in [0.25, 0.3) is 0 Å². The SMILES string of the molecule is Oc1ccccc1C(F)CC1CCNCC1. The number of phenolic OH excluding ortho intramolecular Hbond substituents is 1. The molecule has 2 nitrogen and oxygen atoms in total. The number of piperidine rings is 1. The molecule has 16 heavy (non-hydrogen) atoms. The molecule has 0 bridgehead atoms. The Balaban J connectivity index is 1.96. The molecule has 1 atom stereocenters. The molecule has 1 aliphatic heterocycles. The second kappa shape index (κ2) is 5.30. The summed E-state index contributed by atoms with van der Waals surface area (Å²) in [5.74, 6) is 0.514. The zero-order chi connectivity index (χ0) is 11.4. The highest BCUT2D eigenvalue weighted by Crippen LogP contribution is 2.33. The van der Waals surface area contributed by atoms with Crippen molar-refractivity contribution >= 4 is 0 Å². The lowest BCUT2D eigenvalue weighted by molar-refractivity contribution is 0.235. The number of hydrogen-bond donors (Lipinski definition) is 2. The molecule has 0 saturated carbocycles. The van der Waals surface area contributed by atoms with Crippen molar-refractivity contribution in [3.05, 3.63) is 29.8 Å². The molecule has 1 fully saturated rings. The van der Waals surface area contributed by atoms with Crippen LogP contribution in [-0.4, -0.2) is 18.2 Å². The van der Waals surface area contributed by atoms with Gasteiger partial charge in [-0.2, -0.15) is 0 Å². The van der Waals surface area contributed by atoms with E-state index in [4.69, 9.17) is 0 Å². The van der Waals surface area contributed by atoms with Crippen LogP contribution >= 0.6 is 0 Å². The summed E-state index contributed by atoms with van der Waals surface area (Å²) in [4.78, 5) is 0. The highest BCUT2D eigenvalue weighted by molar-refractivity contribution is 5.33. The average Bonchev–Trinajstić information content (AvgIpc) is 2.31. The van der Waals surface area contributed by atoms with Gasteiger partial charge in [0.2, 0.25) is 0 Å². The van der Waals surface area contributed by atoms with E-state index >= 15 is 0 Å². The molecule has 1 saturated heterocycles. The molecule has 0 amide bonds. The second-order valence-corrected chi connectivity index (χ2v) is 4.46. The van der Waals surface area contributed by atoms with Crippen LogP contribution in [-0.2, 0) is 0 Å². The van der Waals surface area contributed by atoms with Crippen molar-refractivity contribution in [1.29, 1.82) is 0 Å². The van der Waals surface area contributed by atoms with Crippen LogP contribution in [0.2, 0.25) is 0 Å². The van der Waals surface area contributed by atoms with Gasteiger partial charge in [0.25, 0.3) is 0 Å². The minimum atomic E-state index is -1.04. The molecule has 0 aliphatic carbocycles. The molecule has 1 aromatic carbocycles. The lowest BCUT2D eigenvalue weighted by Crippen LogP contribution is -2.28. The number of phenols is 1. The number of rotatable bonds is 3. The van der Waals surface area contributed by atoms with E-state index in [0.717, 1.165) is 25.9 Å². The maximum absolute atomic E-state index is 14.0. The van der Waals surface area contributed by atoms with Crippen molar-refractivity contribution in [2.24, 2.45) is 5.92 Å². The molecular weight excluding hydrogens is 205 g/mol. The Morgan fingerprint density at radius 1 is 1.31 bits per heavy atom. The van der Waals surface area contributed by atoms with Gasteiger partial charge >= 0.3 is 0 Å². The first-order chi connectivity index (χ1) is 7.77. The van der Waals surface area contributed by atoms with Gasteiger partial charge in [-0.1, -0.05) is 18.2 Å². The Labute approximate surface area is 95.5 Å². The predicted molar refractivity (Wildman–Crippen MR) is 62.2 cm³/mol. The molecule has 3 heteroatoms. The van der Waals surface area contributed by atoms with Gasteiger partial charge in [-0.05, 0) is 44.3 Å². The van der Waals surface area contributed by atoms with Gasteiger partial charge in [0.1, 0.15) is 11.9 Å². The van der Waals surface area contributed by atoms with Gasteiger partial charge in [-0.3, -0.25) is 0 Å². The number of alkyl halides is 1. The predicted octanol–water partition coefficient (Wildman–Crippen LogP) is 2.79. The zero-order valence-electron chi connectivity index (χ0n) is 9.32. The lowest BCUT2D eigenvalue weighted by atomic mass is 9.90. The van der Waals surface area contributed by atoms with E-state index in [1.807, 2.05) is 0 Å². The summed E-state index contributed by atoms with van der Waals surface area (Å²) in [6.07, 6.45) is 1.56. The number of halogens is 1. The van der Waals surface area contributed by atoms with Crippen LogP contribution in [0.3, 0.4) is 0 Å². The normalized spacial score (nSPS) is 19.6. The van der Waals surface area contributed by atoms with E-state index in [1.165, 1.54) is 0 Å². The third-order valence-corrected chi connectivity index (χ3v) is 3.27. The summed E-state index contributed by atoms with van der Waals surface area (Å²) >= 11 is 0. The highest BCUT2D eigenvalue weighted by Gasteiger charge is 2.21. The quantitative estimate of drug-likeness (QED) is 0.825. The minimum Gasteiger partial charge on any atom is -0.508 e. The first-order valence-corrected chi connectivity index (χ1v) is 5.90. The van der Waals surface area contributed by atoms with Crippen molar-refractivity contribution in [3.63, 3.8) is 0 Å². The molecule has 2 rings (SSSR count). The van der Waals surface area contributed by atoms with E-state index in [0.29, 0.717) is 17.9 Å². The largest absolute Gasteiger partial charge is 0.508 e. The van der Waals surface area contributed by atoms with E-state index in [1.54, 1.807) is 24.3 Å². The zero-order valence-corrected chi connectivity index (χ0v) is 9.32. The van der Waals surface area contributed by atoms with Crippen LogP contribution in [0.15, 0.2) is 24.3 Å². The second-order valence-electron chi connectivity index (χ2n) is 4.46. The van der Waals surface area contributed by atoms with Crippen molar-refractivity contribution in [2.75, 3.05) is 13.1 Å². The smallest absolute Gasteiger partial charge is 0.129 e. The average molecular weight is 223 g/mol.